The number of methoxy groups -OCH3 is 1. The van der Waals surface area contributed by atoms with Crippen molar-refractivity contribution in [2.75, 3.05) is 20.3 Å². The molecular weight excluding hydrogens is 246 g/mol. The molecule has 1 saturated heterocycles. The molecule has 5 heteroatoms. The number of carboxylic acids is 1. The van der Waals surface area contributed by atoms with Crippen molar-refractivity contribution in [3.63, 3.8) is 0 Å². The highest BCUT2D eigenvalue weighted by atomic mass is 16.5. The van der Waals surface area contributed by atoms with Crippen molar-refractivity contribution in [2.24, 2.45) is 5.92 Å². The van der Waals surface area contributed by atoms with Gasteiger partial charge in [-0.2, -0.15) is 0 Å². The number of aromatic nitrogens is 1. The zero-order valence-corrected chi connectivity index (χ0v) is 11.1. The second-order valence-electron chi connectivity index (χ2n) is 4.76. The van der Waals surface area contributed by atoms with Gasteiger partial charge in [-0.05, 0) is 43.7 Å². The Morgan fingerprint density at radius 3 is 2.84 bits per heavy atom. The molecule has 19 heavy (non-hydrogen) atoms. The summed E-state index contributed by atoms with van der Waals surface area (Å²) < 4.78 is 10.4. The van der Waals surface area contributed by atoms with Gasteiger partial charge in [-0.15, -0.1) is 0 Å². The molecular formula is C14H19NO4. The van der Waals surface area contributed by atoms with E-state index in [1.807, 2.05) is 0 Å². The minimum atomic E-state index is -1.01. The van der Waals surface area contributed by atoms with Crippen LogP contribution in [0.5, 0.6) is 5.88 Å². The number of rotatable bonds is 5. The molecule has 0 amide bonds. The molecule has 1 N–H and O–H groups in total. The van der Waals surface area contributed by atoms with Crippen LogP contribution in [0.15, 0.2) is 12.1 Å². The fourth-order valence-electron chi connectivity index (χ4n) is 2.32. The number of nitrogens with zero attached hydrogens (tertiary/aromatic N) is 1. The first kappa shape index (κ1) is 13.8. The third kappa shape index (κ3) is 3.67. The standard InChI is InChI=1S/C14H19NO4/c1-18-13-12(14(16)17)5-4-11(15-13)3-2-10-6-8-19-9-7-10/h4-5,10H,2-3,6-9H2,1H3,(H,16,17). The van der Waals surface area contributed by atoms with Crippen molar-refractivity contribution in [3.05, 3.63) is 23.4 Å². The summed E-state index contributed by atoms with van der Waals surface area (Å²) in [5, 5.41) is 8.99. The molecule has 0 bridgehead atoms. The van der Waals surface area contributed by atoms with E-state index in [9.17, 15) is 4.79 Å². The summed E-state index contributed by atoms with van der Waals surface area (Å²) in [7, 11) is 1.44. The van der Waals surface area contributed by atoms with Crippen LogP contribution in [0, 0.1) is 5.92 Å². The van der Waals surface area contributed by atoms with E-state index in [1.165, 1.54) is 7.11 Å². The molecule has 104 valence electrons. The fraction of sp³-hybridized carbons (Fsp3) is 0.571. The first-order valence-electron chi connectivity index (χ1n) is 6.55. The Labute approximate surface area is 112 Å². The van der Waals surface area contributed by atoms with Crippen LogP contribution in [0.3, 0.4) is 0 Å². The van der Waals surface area contributed by atoms with Crippen LogP contribution in [0.2, 0.25) is 0 Å². The van der Waals surface area contributed by atoms with Crippen LogP contribution in [0.1, 0.15) is 35.3 Å². The van der Waals surface area contributed by atoms with Gasteiger partial charge < -0.3 is 14.6 Å². The average molecular weight is 265 g/mol. The van der Waals surface area contributed by atoms with E-state index in [-0.39, 0.29) is 11.4 Å². The van der Waals surface area contributed by atoms with Gasteiger partial charge in [0.05, 0.1) is 7.11 Å². The molecule has 1 aliphatic rings. The lowest BCUT2D eigenvalue weighted by Gasteiger charge is -2.21. The third-order valence-corrected chi connectivity index (χ3v) is 3.49. The summed E-state index contributed by atoms with van der Waals surface area (Å²) in [6.45, 7) is 1.69. The number of aryl methyl sites for hydroxylation is 1. The third-order valence-electron chi connectivity index (χ3n) is 3.49. The molecule has 1 aromatic rings. The number of carboxylic acid groups (broad SMARTS) is 1. The van der Waals surface area contributed by atoms with E-state index in [4.69, 9.17) is 14.6 Å². The number of carbonyl (C=O) groups is 1. The van der Waals surface area contributed by atoms with Crippen LogP contribution in [0.25, 0.3) is 0 Å². The molecule has 0 atom stereocenters. The normalized spacial score (nSPS) is 16.3. The maximum Gasteiger partial charge on any atom is 0.341 e. The summed E-state index contributed by atoms with van der Waals surface area (Å²) >= 11 is 0. The van der Waals surface area contributed by atoms with Crippen molar-refractivity contribution >= 4 is 5.97 Å². The molecule has 0 spiro atoms. The first-order chi connectivity index (χ1) is 9.20. The van der Waals surface area contributed by atoms with Gasteiger partial charge in [0.2, 0.25) is 5.88 Å². The molecule has 2 heterocycles. The number of ether oxygens (including phenoxy) is 2. The van der Waals surface area contributed by atoms with E-state index < -0.39 is 5.97 Å². The zero-order valence-electron chi connectivity index (χ0n) is 11.1. The predicted molar refractivity (Wildman–Crippen MR) is 69.6 cm³/mol. The van der Waals surface area contributed by atoms with Crippen LogP contribution in [-0.4, -0.2) is 36.4 Å². The molecule has 0 saturated carbocycles. The Kier molecular flexibility index (Phi) is 4.74. The molecule has 0 aromatic carbocycles. The summed E-state index contributed by atoms with van der Waals surface area (Å²) in [6, 6.07) is 3.33. The highest BCUT2D eigenvalue weighted by Crippen LogP contribution is 2.22. The number of aromatic carboxylic acids is 1. The maximum atomic E-state index is 11.0. The molecule has 0 unspecified atom stereocenters. The maximum absolute atomic E-state index is 11.0. The smallest absolute Gasteiger partial charge is 0.341 e. The zero-order chi connectivity index (χ0) is 13.7. The Bertz CT molecular complexity index is 441. The number of hydrogen-bond donors (Lipinski definition) is 1. The molecule has 0 aliphatic carbocycles. The predicted octanol–water partition coefficient (Wildman–Crippen LogP) is 2.15. The van der Waals surface area contributed by atoms with Gasteiger partial charge in [0.25, 0.3) is 0 Å². The molecule has 0 radical (unpaired) electrons. The Morgan fingerprint density at radius 2 is 2.21 bits per heavy atom. The largest absolute Gasteiger partial charge is 0.480 e. The minimum absolute atomic E-state index is 0.109. The molecule has 1 aliphatic heterocycles. The van der Waals surface area contributed by atoms with Crippen molar-refractivity contribution in [2.45, 2.75) is 25.7 Å². The van der Waals surface area contributed by atoms with Crippen LogP contribution >= 0.6 is 0 Å². The van der Waals surface area contributed by atoms with Gasteiger partial charge in [0.15, 0.2) is 0 Å². The van der Waals surface area contributed by atoms with Gasteiger partial charge in [-0.3, -0.25) is 0 Å². The summed E-state index contributed by atoms with van der Waals surface area (Å²) in [6.07, 6.45) is 4.11. The fourth-order valence-corrected chi connectivity index (χ4v) is 2.32. The Hall–Kier alpha value is -1.62. The average Bonchev–Trinajstić information content (AvgIpc) is 2.45. The van der Waals surface area contributed by atoms with Crippen LogP contribution in [-0.2, 0) is 11.2 Å². The second-order valence-corrected chi connectivity index (χ2v) is 4.76. The van der Waals surface area contributed by atoms with E-state index in [2.05, 4.69) is 4.98 Å². The Morgan fingerprint density at radius 1 is 1.47 bits per heavy atom. The molecule has 5 nitrogen and oxygen atoms in total. The van der Waals surface area contributed by atoms with Gasteiger partial charge >= 0.3 is 5.97 Å². The first-order valence-corrected chi connectivity index (χ1v) is 6.55. The second kappa shape index (κ2) is 6.52. The minimum Gasteiger partial charge on any atom is -0.480 e. The van der Waals surface area contributed by atoms with E-state index in [0.717, 1.165) is 44.6 Å². The van der Waals surface area contributed by atoms with Crippen molar-refractivity contribution in [1.82, 2.24) is 4.98 Å². The lowest BCUT2D eigenvalue weighted by molar-refractivity contribution is 0.0638. The van der Waals surface area contributed by atoms with Gasteiger partial charge in [-0.1, -0.05) is 0 Å². The molecule has 1 aromatic heterocycles. The molecule has 1 fully saturated rings. The Balaban J connectivity index is 1.98. The van der Waals surface area contributed by atoms with E-state index in [1.54, 1.807) is 12.1 Å². The summed E-state index contributed by atoms with van der Waals surface area (Å²) in [5.74, 6) is -0.141. The van der Waals surface area contributed by atoms with Crippen LogP contribution in [0.4, 0.5) is 0 Å². The summed E-state index contributed by atoms with van der Waals surface area (Å²) in [4.78, 5) is 15.2. The van der Waals surface area contributed by atoms with Gasteiger partial charge in [0.1, 0.15) is 5.56 Å². The molecule has 2 rings (SSSR count). The van der Waals surface area contributed by atoms with Gasteiger partial charge in [0, 0.05) is 18.9 Å². The monoisotopic (exact) mass is 265 g/mol. The quantitative estimate of drug-likeness (QED) is 0.883. The number of hydrogen-bond acceptors (Lipinski definition) is 4. The SMILES string of the molecule is COc1nc(CCC2CCOCC2)ccc1C(=O)O. The number of pyridine rings is 1. The van der Waals surface area contributed by atoms with E-state index in [0.29, 0.717) is 5.92 Å². The van der Waals surface area contributed by atoms with Crippen molar-refractivity contribution < 1.29 is 19.4 Å². The van der Waals surface area contributed by atoms with Crippen molar-refractivity contribution in [3.8, 4) is 5.88 Å². The lowest BCUT2D eigenvalue weighted by Crippen LogP contribution is -2.16. The lowest BCUT2D eigenvalue weighted by atomic mass is 9.94. The van der Waals surface area contributed by atoms with E-state index >= 15 is 0 Å². The van der Waals surface area contributed by atoms with Crippen LogP contribution < -0.4 is 4.74 Å². The highest BCUT2D eigenvalue weighted by Gasteiger charge is 2.16. The highest BCUT2D eigenvalue weighted by molar-refractivity contribution is 5.90. The topological polar surface area (TPSA) is 68.7 Å². The van der Waals surface area contributed by atoms with Crippen molar-refractivity contribution in [1.29, 1.82) is 0 Å². The van der Waals surface area contributed by atoms with Gasteiger partial charge in [-0.25, -0.2) is 9.78 Å². The summed E-state index contributed by atoms with van der Waals surface area (Å²) in [5.41, 5.74) is 0.991.